The number of hydrogen-bond acceptors (Lipinski definition) is 9. The Hall–Kier alpha value is -2.47. The first kappa shape index (κ1) is 28.8. The molecule has 0 saturated heterocycles. The molecular weight excluding hydrogens is 496 g/mol. The summed E-state index contributed by atoms with van der Waals surface area (Å²) in [6.07, 6.45) is -1.30. The zero-order valence-corrected chi connectivity index (χ0v) is 21.7. The predicted molar refractivity (Wildman–Crippen MR) is 131 cm³/mol. The van der Waals surface area contributed by atoms with Crippen LogP contribution in [-0.2, 0) is 45.3 Å². The molecule has 1 atom stereocenters. The molecular formula is C24H32O9S2. The van der Waals surface area contributed by atoms with Gasteiger partial charge < -0.3 is 13.7 Å². The Morgan fingerprint density at radius 2 is 1.46 bits per heavy atom. The van der Waals surface area contributed by atoms with Crippen LogP contribution in [0.5, 0.6) is 5.75 Å². The number of para-hydroxylation sites is 1. The lowest BCUT2D eigenvalue weighted by Gasteiger charge is -2.32. The maximum atomic E-state index is 12.5. The fourth-order valence-corrected chi connectivity index (χ4v) is 5.30. The molecule has 0 fully saturated rings. The zero-order chi connectivity index (χ0) is 26.0. The number of esters is 1. The first-order valence-corrected chi connectivity index (χ1v) is 14.3. The molecule has 0 radical (unpaired) electrons. The van der Waals surface area contributed by atoms with E-state index in [4.69, 9.17) is 17.8 Å². The first-order chi connectivity index (χ1) is 16.4. The molecule has 35 heavy (non-hydrogen) atoms. The molecule has 0 unspecified atom stereocenters. The topological polar surface area (TPSA) is 122 Å². The molecule has 0 aliphatic rings. The van der Waals surface area contributed by atoms with Gasteiger partial charge in [-0.3, -0.25) is 4.18 Å². The van der Waals surface area contributed by atoms with Crippen molar-refractivity contribution >= 4 is 26.2 Å². The summed E-state index contributed by atoms with van der Waals surface area (Å²) in [5, 5.41) is 0. The van der Waals surface area contributed by atoms with Crippen molar-refractivity contribution in [1.29, 1.82) is 0 Å². The van der Waals surface area contributed by atoms with Gasteiger partial charge in [-0.15, -0.1) is 0 Å². The van der Waals surface area contributed by atoms with Crippen molar-refractivity contribution in [2.75, 3.05) is 24.7 Å². The van der Waals surface area contributed by atoms with Gasteiger partial charge in [0.1, 0.15) is 5.75 Å². The number of carbonyl (C=O) groups excluding carboxylic acids is 1. The smallest absolute Gasteiger partial charge is 0.335 e. The van der Waals surface area contributed by atoms with Gasteiger partial charge in [-0.25, -0.2) is 4.79 Å². The largest absolute Gasteiger partial charge is 0.464 e. The van der Waals surface area contributed by atoms with E-state index in [1.165, 1.54) is 12.1 Å². The summed E-state index contributed by atoms with van der Waals surface area (Å²) in [6.45, 7) is 4.83. The molecule has 2 aromatic carbocycles. The fourth-order valence-electron chi connectivity index (χ4n) is 3.04. The summed E-state index contributed by atoms with van der Waals surface area (Å²) in [5.41, 5.74) is -0.221. The number of carbonyl (C=O) groups is 1. The third-order valence-corrected chi connectivity index (χ3v) is 7.34. The highest BCUT2D eigenvalue weighted by Gasteiger charge is 2.39. The van der Waals surface area contributed by atoms with Crippen molar-refractivity contribution in [1.82, 2.24) is 0 Å². The van der Waals surface area contributed by atoms with Crippen molar-refractivity contribution < 1.29 is 39.5 Å². The van der Waals surface area contributed by atoms with Crippen LogP contribution in [0.2, 0.25) is 0 Å². The highest BCUT2D eigenvalue weighted by atomic mass is 32.2. The molecule has 2 aromatic rings. The quantitative estimate of drug-likeness (QED) is 0.253. The summed E-state index contributed by atoms with van der Waals surface area (Å²) in [4.78, 5) is 12.5. The van der Waals surface area contributed by atoms with Crippen LogP contribution < -0.4 is 4.18 Å². The minimum absolute atomic E-state index is 0.125. The monoisotopic (exact) mass is 528 g/mol. The molecule has 0 heterocycles. The van der Waals surface area contributed by atoms with Gasteiger partial charge in [0.05, 0.1) is 31.3 Å². The van der Waals surface area contributed by atoms with Crippen molar-refractivity contribution in [2.45, 2.75) is 39.9 Å². The molecule has 0 aliphatic carbocycles. The Morgan fingerprint density at radius 3 is 2.06 bits per heavy atom. The second-order valence-electron chi connectivity index (χ2n) is 8.45. The number of hydrogen-bond donors (Lipinski definition) is 0. The summed E-state index contributed by atoms with van der Waals surface area (Å²) >= 11 is 0. The number of ether oxygens (including phenoxy) is 2. The molecule has 0 aromatic heterocycles. The third kappa shape index (κ3) is 10.4. The minimum Gasteiger partial charge on any atom is -0.464 e. The molecule has 0 amide bonds. The second kappa shape index (κ2) is 13.0. The van der Waals surface area contributed by atoms with Gasteiger partial charge >= 0.3 is 16.1 Å². The van der Waals surface area contributed by atoms with Gasteiger partial charge in [0, 0.05) is 5.41 Å². The lowest BCUT2D eigenvalue weighted by molar-refractivity contribution is -0.168. The Balaban J connectivity index is 1.93. The van der Waals surface area contributed by atoms with E-state index in [2.05, 4.69) is 0 Å². The van der Waals surface area contributed by atoms with Gasteiger partial charge in [-0.2, -0.15) is 16.8 Å². The molecule has 0 N–H and O–H groups in total. The minimum atomic E-state index is -4.08. The number of rotatable bonds is 15. The highest BCUT2D eigenvalue weighted by Crippen LogP contribution is 2.27. The Labute approximate surface area is 207 Å². The summed E-state index contributed by atoms with van der Waals surface area (Å²) in [5.74, 6) is -1.51. The van der Waals surface area contributed by atoms with Gasteiger partial charge in [0.2, 0.25) is 0 Å². The van der Waals surface area contributed by atoms with E-state index < -0.39 is 49.2 Å². The Morgan fingerprint density at radius 1 is 0.886 bits per heavy atom. The summed E-state index contributed by atoms with van der Waals surface area (Å²) < 4.78 is 70.0. The Kier molecular flexibility index (Phi) is 10.7. The van der Waals surface area contributed by atoms with E-state index in [1.54, 1.807) is 39.0 Å². The van der Waals surface area contributed by atoms with Crippen molar-refractivity contribution in [3.05, 3.63) is 66.2 Å². The van der Waals surface area contributed by atoms with Crippen molar-refractivity contribution in [3.63, 3.8) is 0 Å². The van der Waals surface area contributed by atoms with Crippen LogP contribution in [0.4, 0.5) is 0 Å². The van der Waals surface area contributed by atoms with Crippen LogP contribution in [0.3, 0.4) is 0 Å². The van der Waals surface area contributed by atoms with Crippen LogP contribution in [0.25, 0.3) is 0 Å². The summed E-state index contributed by atoms with van der Waals surface area (Å²) in [6, 6.07) is 17.1. The van der Waals surface area contributed by atoms with Crippen molar-refractivity contribution in [3.8, 4) is 5.75 Å². The zero-order valence-electron chi connectivity index (χ0n) is 20.1. The van der Waals surface area contributed by atoms with Gasteiger partial charge in [-0.1, -0.05) is 62.4 Å². The molecule has 2 rings (SSSR count). The average molecular weight is 529 g/mol. The molecule has 0 bridgehead atoms. The molecule has 9 nitrogen and oxygen atoms in total. The van der Waals surface area contributed by atoms with Crippen LogP contribution in [0.1, 0.15) is 32.8 Å². The maximum Gasteiger partial charge on any atom is 0.335 e. The average Bonchev–Trinajstić information content (AvgIpc) is 2.79. The standard InChI is InChI=1S/C24H32O9S2/c1-4-30-23(25)22(31-18-20-12-7-5-8-13-20)24(2,3)19-32-34(26,27)16-11-17-35(28,29)33-21-14-9-6-10-15-21/h5-10,12-15,22H,4,11,16-19H2,1-3H3/t22-/m0/s1. The molecule has 0 saturated carbocycles. The fraction of sp³-hybridized carbons (Fsp3) is 0.458. The van der Waals surface area contributed by atoms with Crippen LogP contribution in [0.15, 0.2) is 60.7 Å². The summed E-state index contributed by atoms with van der Waals surface area (Å²) in [7, 11) is -8.04. The van der Waals surface area contributed by atoms with Gasteiger partial charge in [0.25, 0.3) is 10.1 Å². The third-order valence-electron chi connectivity index (χ3n) is 4.84. The van der Waals surface area contributed by atoms with E-state index in [0.717, 1.165) is 5.56 Å². The lowest BCUT2D eigenvalue weighted by atomic mass is 9.87. The second-order valence-corrected chi connectivity index (χ2v) is 11.9. The molecule has 0 spiro atoms. The number of benzene rings is 2. The van der Waals surface area contributed by atoms with E-state index >= 15 is 0 Å². The first-order valence-electron chi connectivity index (χ1n) is 11.1. The Bertz CT molecular complexity index is 1130. The van der Waals surface area contributed by atoms with E-state index in [-0.39, 0.29) is 32.0 Å². The van der Waals surface area contributed by atoms with E-state index in [1.807, 2.05) is 30.3 Å². The predicted octanol–water partition coefficient (Wildman–Crippen LogP) is 3.31. The van der Waals surface area contributed by atoms with Crippen molar-refractivity contribution in [2.24, 2.45) is 5.41 Å². The van der Waals surface area contributed by atoms with Crippen LogP contribution in [0, 0.1) is 5.41 Å². The molecule has 11 heteroatoms. The molecule has 194 valence electrons. The van der Waals surface area contributed by atoms with Crippen LogP contribution >= 0.6 is 0 Å². The highest BCUT2D eigenvalue weighted by molar-refractivity contribution is 7.87. The van der Waals surface area contributed by atoms with E-state index in [9.17, 15) is 21.6 Å². The lowest BCUT2D eigenvalue weighted by Crippen LogP contribution is -2.43. The SMILES string of the molecule is CCOC(=O)[C@H](OCc1ccccc1)C(C)(C)COS(=O)(=O)CCCS(=O)(=O)Oc1ccccc1. The maximum absolute atomic E-state index is 12.5. The normalized spacial score (nSPS) is 13.2. The molecule has 0 aliphatic heterocycles. The van der Waals surface area contributed by atoms with Gasteiger partial charge in [0.15, 0.2) is 6.10 Å². The van der Waals surface area contributed by atoms with Crippen LogP contribution in [-0.4, -0.2) is 53.6 Å². The van der Waals surface area contributed by atoms with Gasteiger partial charge in [-0.05, 0) is 31.0 Å². The van der Waals surface area contributed by atoms with E-state index in [0.29, 0.717) is 0 Å².